The maximum absolute atomic E-state index is 13.3. The lowest BCUT2D eigenvalue weighted by Crippen LogP contribution is -2.27. The first-order valence-corrected chi connectivity index (χ1v) is 10.5. The molecule has 0 saturated carbocycles. The van der Waals surface area contributed by atoms with Crippen molar-refractivity contribution in [1.82, 2.24) is 19.2 Å². The summed E-state index contributed by atoms with van der Waals surface area (Å²) >= 11 is 0. The molecule has 0 unspecified atom stereocenters. The van der Waals surface area contributed by atoms with Gasteiger partial charge in [0.25, 0.3) is 5.56 Å². The van der Waals surface area contributed by atoms with Crippen molar-refractivity contribution >= 4 is 16.4 Å². The molecule has 3 aromatic heterocycles. The van der Waals surface area contributed by atoms with Crippen LogP contribution in [0.15, 0.2) is 57.7 Å². The highest BCUT2D eigenvalue weighted by Gasteiger charge is 2.17. The van der Waals surface area contributed by atoms with E-state index in [-0.39, 0.29) is 12.1 Å². The maximum atomic E-state index is 13.3. The fourth-order valence-electron chi connectivity index (χ4n) is 4.09. The summed E-state index contributed by atoms with van der Waals surface area (Å²) in [5.74, 6) is 2.10. The topological polar surface area (TPSA) is 65.3 Å². The highest BCUT2D eigenvalue weighted by molar-refractivity contribution is 5.87. The predicted octanol–water partition coefficient (Wildman–Crippen LogP) is 4.84. The Labute approximate surface area is 179 Å². The third kappa shape index (κ3) is 3.24. The quantitative estimate of drug-likeness (QED) is 0.424. The van der Waals surface area contributed by atoms with Crippen LogP contribution in [0.4, 0.5) is 0 Å². The Morgan fingerprint density at radius 2 is 1.77 bits per heavy atom. The van der Waals surface area contributed by atoms with Gasteiger partial charge >= 0.3 is 0 Å². The zero-order valence-corrected chi connectivity index (χ0v) is 18.1. The number of hydrogen-bond acceptors (Lipinski definition) is 4. The summed E-state index contributed by atoms with van der Waals surface area (Å²) in [6, 6.07) is 16.2. The molecule has 156 valence electrons. The summed E-state index contributed by atoms with van der Waals surface area (Å²) in [5, 5.41) is 5.73. The molecule has 0 N–H and O–H groups in total. The van der Waals surface area contributed by atoms with Gasteiger partial charge in [-0.25, -0.2) is 9.67 Å². The summed E-state index contributed by atoms with van der Waals surface area (Å²) in [7, 11) is 0. The zero-order chi connectivity index (χ0) is 21.7. The maximum Gasteiger partial charge on any atom is 0.291 e. The van der Waals surface area contributed by atoms with Crippen LogP contribution in [0.25, 0.3) is 27.9 Å². The molecule has 0 amide bonds. The Morgan fingerprint density at radius 3 is 2.55 bits per heavy atom. The fourth-order valence-corrected chi connectivity index (χ4v) is 4.09. The van der Waals surface area contributed by atoms with E-state index in [1.54, 1.807) is 0 Å². The third-order valence-corrected chi connectivity index (χ3v) is 5.68. The van der Waals surface area contributed by atoms with Gasteiger partial charge in [0.2, 0.25) is 5.89 Å². The van der Waals surface area contributed by atoms with Crippen molar-refractivity contribution < 1.29 is 4.42 Å². The summed E-state index contributed by atoms with van der Waals surface area (Å²) in [6.45, 7) is 8.28. The van der Waals surface area contributed by atoms with Gasteiger partial charge in [0, 0.05) is 17.4 Å². The van der Waals surface area contributed by atoms with E-state index in [4.69, 9.17) is 4.42 Å². The number of oxazole rings is 1. The Bertz CT molecular complexity index is 1500. The second kappa shape index (κ2) is 7.23. The SMILES string of the molecule is CCc1nn(Cc2nc(-c3cccc(C)c3)oc2C)c(=O)c2cc3cc(C)ccc3n12. The van der Waals surface area contributed by atoms with E-state index >= 15 is 0 Å². The van der Waals surface area contributed by atoms with Crippen LogP contribution in [0, 0.1) is 20.8 Å². The lowest BCUT2D eigenvalue weighted by Gasteiger charge is -2.09. The smallest absolute Gasteiger partial charge is 0.291 e. The number of benzene rings is 2. The fraction of sp³-hybridized carbons (Fsp3) is 0.240. The molecule has 2 aromatic carbocycles. The number of rotatable bonds is 4. The van der Waals surface area contributed by atoms with E-state index in [1.807, 2.05) is 55.5 Å². The van der Waals surface area contributed by atoms with Crippen molar-refractivity contribution in [2.75, 3.05) is 0 Å². The van der Waals surface area contributed by atoms with E-state index in [9.17, 15) is 4.79 Å². The largest absolute Gasteiger partial charge is 0.441 e. The molecular formula is C25H24N4O2. The summed E-state index contributed by atoms with van der Waals surface area (Å²) in [5.41, 5.74) is 5.45. The van der Waals surface area contributed by atoms with Gasteiger partial charge in [-0.3, -0.25) is 9.20 Å². The van der Waals surface area contributed by atoms with Gasteiger partial charge in [0.1, 0.15) is 22.8 Å². The van der Waals surface area contributed by atoms with Gasteiger partial charge in [0.15, 0.2) is 0 Å². The molecule has 6 nitrogen and oxygen atoms in total. The molecule has 0 fully saturated rings. The van der Waals surface area contributed by atoms with Crippen LogP contribution in [-0.2, 0) is 13.0 Å². The minimum absolute atomic E-state index is 0.134. The highest BCUT2D eigenvalue weighted by Crippen LogP contribution is 2.24. The molecule has 6 heteroatoms. The minimum Gasteiger partial charge on any atom is -0.441 e. The number of hydrogen-bond donors (Lipinski definition) is 0. The van der Waals surface area contributed by atoms with Crippen LogP contribution in [0.2, 0.25) is 0 Å². The molecule has 0 aliphatic carbocycles. The van der Waals surface area contributed by atoms with Crippen molar-refractivity contribution in [2.45, 2.75) is 40.7 Å². The third-order valence-electron chi connectivity index (χ3n) is 5.68. The molecule has 0 radical (unpaired) electrons. The first kappa shape index (κ1) is 19.3. The van der Waals surface area contributed by atoms with E-state index < -0.39 is 0 Å². The van der Waals surface area contributed by atoms with E-state index in [0.29, 0.717) is 29.3 Å². The van der Waals surface area contributed by atoms with Gasteiger partial charge in [-0.1, -0.05) is 36.2 Å². The monoisotopic (exact) mass is 412 g/mol. The van der Waals surface area contributed by atoms with Crippen LogP contribution < -0.4 is 5.56 Å². The van der Waals surface area contributed by atoms with Crippen LogP contribution >= 0.6 is 0 Å². The second-order valence-corrected chi connectivity index (χ2v) is 8.05. The Morgan fingerprint density at radius 1 is 0.968 bits per heavy atom. The van der Waals surface area contributed by atoms with Crippen molar-refractivity contribution in [2.24, 2.45) is 0 Å². The second-order valence-electron chi connectivity index (χ2n) is 8.05. The molecule has 3 heterocycles. The van der Waals surface area contributed by atoms with Crippen molar-refractivity contribution in [3.8, 4) is 11.5 Å². The summed E-state index contributed by atoms with van der Waals surface area (Å²) in [6.07, 6.45) is 0.709. The van der Waals surface area contributed by atoms with Crippen LogP contribution in [0.5, 0.6) is 0 Å². The van der Waals surface area contributed by atoms with Crippen molar-refractivity contribution in [1.29, 1.82) is 0 Å². The molecule has 0 saturated heterocycles. The van der Waals surface area contributed by atoms with Gasteiger partial charge in [0.05, 0.1) is 12.1 Å². The van der Waals surface area contributed by atoms with Crippen molar-refractivity contribution in [3.63, 3.8) is 0 Å². The molecule has 0 aliphatic heterocycles. The molecule has 31 heavy (non-hydrogen) atoms. The van der Waals surface area contributed by atoms with Crippen molar-refractivity contribution in [3.05, 3.63) is 87.3 Å². The van der Waals surface area contributed by atoms with Gasteiger partial charge < -0.3 is 4.42 Å². The summed E-state index contributed by atoms with van der Waals surface area (Å²) in [4.78, 5) is 18.0. The summed E-state index contributed by atoms with van der Waals surface area (Å²) < 4.78 is 9.39. The standard InChI is InChI=1S/C25H24N4O2/c1-5-23-27-28(25(30)22-13-19-12-16(3)9-10-21(19)29(22)23)14-20-17(4)31-24(26-20)18-8-6-7-15(2)11-18/h6-13H,5,14H2,1-4H3. The number of nitrogens with zero attached hydrogens (tertiary/aromatic N) is 4. The minimum atomic E-state index is -0.134. The Hall–Kier alpha value is -3.67. The van der Waals surface area contributed by atoms with Gasteiger partial charge in [-0.05, 0) is 51.1 Å². The van der Waals surface area contributed by atoms with E-state index in [0.717, 1.165) is 33.4 Å². The molecule has 0 bridgehead atoms. The van der Waals surface area contributed by atoms with E-state index in [1.165, 1.54) is 4.68 Å². The Kier molecular flexibility index (Phi) is 4.50. The molecular weight excluding hydrogens is 388 g/mol. The normalized spacial score (nSPS) is 11.6. The number of aromatic nitrogens is 4. The molecule has 0 atom stereocenters. The first-order chi connectivity index (χ1) is 14.9. The van der Waals surface area contributed by atoms with Crippen LogP contribution in [0.3, 0.4) is 0 Å². The lowest BCUT2D eigenvalue weighted by molar-refractivity contribution is 0.532. The zero-order valence-electron chi connectivity index (χ0n) is 18.1. The Balaban J connectivity index is 1.62. The number of fused-ring (bicyclic) bond motifs is 3. The highest BCUT2D eigenvalue weighted by atomic mass is 16.4. The van der Waals surface area contributed by atoms with Gasteiger partial charge in [-0.2, -0.15) is 5.10 Å². The first-order valence-electron chi connectivity index (χ1n) is 10.5. The van der Waals surface area contributed by atoms with Crippen LogP contribution in [-0.4, -0.2) is 19.2 Å². The molecule has 5 aromatic rings. The molecule has 0 aliphatic rings. The predicted molar refractivity (Wildman–Crippen MR) is 122 cm³/mol. The van der Waals surface area contributed by atoms with E-state index in [2.05, 4.69) is 35.2 Å². The number of aryl methyl sites for hydroxylation is 4. The molecule has 5 rings (SSSR count). The van der Waals surface area contributed by atoms with Crippen LogP contribution in [0.1, 0.15) is 35.3 Å². The average molecular weight is 412 g/mol. The van der Waals surface area contributed by atoms with Gasteiger partial charge in [-0.15, -0.1) is 0 Å². The lowest BCUT2D eigenvalue weighted by atomic mass is 10.1. The molecule has 0 spiro atoms. The average Bonchev–Trinajstić information content (AvgIpc) is 3.30.